The Balaban J connectivity index is 0.000000130. The summed E-state index contributed by atoms with van der Waals surface area (Å²) in [5.41, 5.74) is 3.09. The summed E-state index contributed by atoms with van der Waals surface area (Å²) in [6, 6.07) is 8.05. The van der Waals surface area contributed by atoms with Crippen molar-refractivity contribution in [2.75, 3.05) is 0 Å². The highest BCUT2D eigenvalue weighted by Crippen LogP contribution is 2.37. The first-order valence-corrected chi connectivity index (χ1v) is 36.3. The van der Waals surface area contributed by atoms with Crippen LogP contribution in [0.4, 0.5) is 0 Å². The van der Waals surface area contributed by atoms with Crippen molar-refractivity contribution in [1.29, 1.82) is 0 Å². The fourth-order valence-corrected chi connectivity index (χ4v) is 13.6. The van der Waals surface area contributed by atoms with E-state index in [2.05, 4.69) is 44.4 Å². The molecule has 0 saturated heterocycles. The normalized spacial score (nSPS) is 16.9. The van der Waals surface area contributed by atoms with E-state index in [1.807, 2.05) is 0 Å². The number of hydrogen-bond acceptors (Lipinski definition) is 24. The number of amides is 12. The van der Waals surface area contributed by atoms with Crippen molar-refractivity contribution in [2.45, 2.75) is 186 Å². The molecule has 6 aromatic heterocycles. The van der Waals surface area contributed by atoms with Gasteiger partial charge in [0.1, 0.15) is 34.6 Å². The van der Waals surface area contributed by atoms with Gasteiger partial charge in [-0.05, 0) is 141 Å². The number of nitrogens with one attached hydrogen (secondary N) is 6. The van der Waals surface area contributed by atoms with E-state index in [0.29, 0.717) is 106 Å². The van der Waals surface area contributed by atoms with Crippen LogP contribution in [0.2, 0.25) is 0 Å². The van der Waals surface area contributed by atoms with E-state index in [1.54, 1.807) is 6.08 Å². The van der Waals surface area contributed by atoms with E-state index < -0.39 is 105 Å². The maximum atomic E-state index is 11.9. The molecule has 109 heavy (non-hydrogen) atoms. The lowest BCUT2D eigenvalue weighted by Crippen LogP contribution is -2.38. The van der Waals surface area contributed by atoms with Gasteiger partial charge < -0.3 is 26.5 Å². The van der Waals surface area contributed by atoms with Crippen LogP contribution < -0.4 is 65.7 Å². The van der Waals surface area contributed by atoms with Gasteiger partial charge in [-0.1, -0.05) is 63.9 Å². The number of unbranched alkanes of at least 4 members (excludes halogenated alkanes) is 2. The van der Waals surface area contributed by atoms with E-state index in [0.717, 1.165) is 82.0 Å². The Morgan fingerprint density at radius 2 is 0.578 bits per heavy atom. The van der Waals surface area contributed by atoms with Crippen LogP contribution in [0.25, 0.3) is 0 Å². The quantitative estimate of drug-likeness (QED) is 0.0255. The lowest BCUT2D eigenvalue weighted by molar-refractivity contribution is -0.121. The molecule has 10 aliphatic rings. The third-order valence-corrected chi connectivity index (χ3v) is 19.4. The van der Waals surface area contributed by atoms with Crippen LogP contribution in [0.3, 0.4) is 0 Å². The van der Waals surface area contributed by atoms with Crippen LogP contribution in [0.5, 0.6) is 0 Å². The third kappa shape index (κ3) is 21.3. The zero-order chi connectivity index (χ0) is 77.7. The molecule has 12 heterocycles. The fraction of sp³-hybridized carbons (Fsp3) is 0.418. The number of hydrogen-bond donors (Lipinski definition) is 6. The molecule has 4 fully saturated rings. The van der Waals surface area contributed by atoms with E-state index in [-0.39, 0.29) is 78.6 Å². The van der Waals surface area contributed by atoms with Gasteiger partial charge in [0, 0.05) is 42.8 Å². The van der Waals surface area contributed by atoms with Gasteiger partial charge in [0.2, 0.25) is 35.4 Å². The first kappa shape index (κ1) is 77.9. The van der Waals surface area contributed by atoms with Gasteiger partial charge in [0.15, 0.2) is 0 Å². The molecule has 12 amide bonds. The van der Waals surface area contributed by atoms with Gasteiger partial charge in [-0.15, -0.1) is 18.9 Å². The van der Waals surface area contributed by atoms with Crippen LogP contribution in [0, 0.1) is 36.0 Å². The maximum absolute atomic E-state index is 11.9. The van der Waals surface area contributed by atoms with Crippen molar-refractivity contribution in [3.63, 3.8) is 0 Å². The first-order valence-electron chi connectivity index (χ1n) is 36.3. The number of imide groups is 6. The molecule has 568 valence electrons. The Kier molecular flexibility index (Phi) is 25.1. The summed E-state index contributed by atoms with van der Waals surface area (Å²) in [7, 11) is 0. The van der Waals surface area contributed by atoms with Crippen LogP contribution >= 0.6 is 0 Å². The summed E-state index contributed by atoms with van der Waals surface area (Å²) in [4.78, 5) is 206. The van der Waals surface area contributed by atoms with Gasteiger partial charge in [0.05, 0.1) is 71.9 Å². The number of terminal acetylenes is 1. The number of aryl methyl sites for hydroxylation is 5. The average molecular weight is 1500 g/mol. The first-order chi connectivity index (χ1) is 52.3. The average Bonchev–Trinajstić information content (AvgIpc) is 1.27. The molecule has 30 nitrogen and oxygen atoms in total. The molecule has 0 bridgehead atoms. The molecule has 0 unspecified atom stereocenters. The molecule has 6 N–H and O–H groups in total. The molecule has 0 atom stereocenters. The monoisotopic (exact) mass is 1490 g/mol. The van der Waals surface area contributed by atoms with E-state index in [4.69, 9.17) is 32.9 Å². The second-order valence-electron chi connectivity index (χ2n) is 28.2. The van der Waals surface area contributed by atoms with Crippen molar-refractivity contribution < 1.29 is 84.0 Å². The molecule has 30 heteroatoms. The smallest absolute Gasteiger partial charge is 0.336 e. The predicted octanol–water partition coefficient (Wildman–Crippen LogP) is 4.94. The molecule has 6 aliphatic heterocycles. The van der Waals surface area contributed by atoms with Crippen molar-refractivity contribution >= 4 is 70.9 Å². The Hall–Kier alpha value is -12.2. The lowest BCUT2D eigenvalue weighted by atomic mass is 9.97. The number of allylic oxidation sites excluding steroid dienone is 1. The van der Waals surface area contributed by atoms with Gasteiger partial charge in [-0.2, -0.15) is 0 Å². The molecule has 0 aromatic carbocycles. The molecule has 4 aliphatic carbocycles. The van der Waals surface area contributed by atoms with Crippen molar-refractivity contribution in [2.24, 2.45) is 23.7 Å². The lowest BCUT2D eigenvalue weighted by Gasteiger charge is -2.16. The second-order valence-corrected chi connectivity index (χ2v) is 28.2. The van der Waals surface area contributed by atoms with Gasteiger partial charge in [-0.25, -0.2) is 28.8 Å². The minimum Gasteiger partial charge on any atom is -0.426 e. The zero-order valence-corrected chi connectivity index (χ0v) is 59.4. The summed E-state index contributed by atoms with van der Waals surface area (Å²) in [5, 5.41) is 13.5. The van der Waals surface area contributed by atoms with Crippen LogP contribution in [-0.2, 0) is 106 Å². The Labute approximate surface area is 619 Å². The standard InChI is InChI=1S/C15H17NO4.C14H15NO4.2C13H13NO4.C12H11NO4.C12H9NO4/c17-12-8-11-14(15(19)16-12)10(7-13(18)20-11)4-2-1-3-9-5-6-9;16-11-7-10-13(14(18)15-11)9(6-12(17)19-10)3-1-2-8-4-5-8;15-10-6-9-12(13(17)14-10)8(5-11(16)18-9)4-3-7-1-2-7;1-2-3-4-5-8-6-11(16)18-9-7-10(15)14-13(17)12(8)9;14-9-5-8-11(12(16)13-9)7(3-6-1-2-6)4-10(15)17-8;1-2-3-4-7-5-10(15)17-8-6-9(14)13-12(16)11(7)8/h7,9H,1-6,8H2,(H,16,17,19);6,8H,1-5,7H2,(H,15,16,18);5,7H,1-4,6H2,(H,14,15,17);2,6H,1,3-5,7H2,(H,14,15,17);4,6H,1-3,5H2,(H,13,14,16);1,5H,3-4,6H2,(H,13,14,16). The van der Waals surface area contributed by atoms with Crippen molar-refractivity contribution in [3.8, 4) is 12.3 Å². The zero-order valence-electron chi connectivity index (χ0n) is 59.4. The van der Waals surface area contributed by atoms with E-state index in [1.165, 1.54) is 81.3 Å². The number of carbonyl (C=O) groups is 12. The second kappa shape index (κ2) is 35.0. The molecule has 4 saturated carbocycles. The number of carbonyl (C=O) groups excluding carboxylic acids is 12. The molecular formula is C79H78N6O24. The predicted molar refractivity (Wildman–Crippen MR) is 381 cm³/mol. The number of rotatable bonds is 20. The third-order valence-electron chi connectivity index (χ3n) is 19.4. The van der Waals surface area contributed by atoms with Gasteiger partial charge in [-0.3, -0.25) is 89.4 Å². The summed E-state index contributed by atoms with van der Waals surface area (Å²) in [6.07, 6.45) is 28.8. The SMILES string of the molecule is C#CCCc1cc(=O)oc2c1C(=O)NC(=O)C2.C=CCCCc1cc(=O)oc2c1C(=O)NC(=O)C2.O=C1Cc2oc(=O)cc(CC3CC3)c2C(=O)N1.O=C1Cc2oc(=O)cc(CCC3CC3)c2C(=O)N1.O=C1Cc2oc(=O)cc(CCCC3CC3)c2C(=O)N1.O=C1Cc2oc(=O)cc(CCCCC3CC3)c2C(=O)N1. The Morgan fingerprint density at radius 1 is 0.321 bits per heavy atom. The van der Waals surface area contributed by atoms with Crippen LogP contribution in [0.15, 0.2) is 104 Å². The molecule has 0 spiro atoms. The van der Waals surface area contributed by atoms with Crippen LogP contribution in [0.1, 0.15) is 239 Å². The van der Waals surface area contributed by atoms with Crippen LogP contribution in [-0.4, -0.2) is 70.9 Å². The minimum atomic E-state index is -0.571. The van der Waals surface area contributed by atoms with E-state index >= 15 is 0 Å². The van der Waals surface area contributed by atoms with Crippen molar-refractivity contribution in [3.05, 3.63) is 213 Å². The molecule has 16 rings (SSSR count). The fourth-order valence-electron chi connectivity index (χ4n) is 13.6. The molecule has 0 radical (unpaired) electrons. The summed E-state index contributed by atoms with van der Waals surface area (Å²) < 4.78 is 29.7. The Bertz CT molecular complexity index is 5170. The summed E-state index contributed by atoms with van der Waals surface area (Å²) in [5.74, 6) is 1.16. The largest absolute Gasteiger partial charge is 0.426 e. The minimum absolute atomic E-state index is 0.0329. The van der Waals surface area contributed by atoms with Crippen molar-refractivity contribution in [1.82, 2.24) is 31.9 Å². The highest BCUT2D eigenvalue weighted by Gasteiger charge is 2.36. The maximum Gasteiger partial charge on any atom is 0.336 e. The molecular weight excluding hydrogens is 1420 g/mol. The molecule has 6 aromatic rings. The summed E-state index contributed by atoms with van der Waals surface area (Å²) in [6.45, 7) is 3.62. The summed E-state index contributed by atoms with van der Waals surface area (Å²) >= 11 is 0. The highest BCUT2D eigenvalue weighted by molar-refractivity contribution is 6.13. The van der Waals surface area contributed by atoms with Gasteiger partial charge >= 0.3 is 33.8 Å². The topological polar surface area (TPSA) is 458 Å². The van der Waals surface area contributed by atoms with E-state index in [9.17, 15) is 86.3 Å². The number of fused-ring (bicyclic) bond motifs is 6. The Morgan fingerprint density at radius 3 is 0.881 bits per heavy atom. The highest BCUT2D eigenvalue weighted by atomic mass is 16.4. The van der Waals surface area contributed by atoms with Gasteiger partial charge in [0.25, 0.3) is 35.4 Å².